The second kappa shape index (κ2) is 8.93. The molecule has 0 radical (unpaired) electrons. The number of para-hydroxylation sites is 2. The second-order valence-electron chi connectivity index (χ2n) is 7.52. The van der Waals surface area contributed by atoms with Crippen molar-refractivity contribution < 1.29 is 22.6 Å². The number of alkyl halides is 3. The van der Waals surface area contributed by atoms with Gasteiger partial charge in [0.2, 0.25) is 0 Å². The first-order valence-corrected chi connectivity index (χ1v) is 9.97. The van der Waals surface area contributed by atoms with Crippen molar-refractivity contribution >= 4 is 0 Å². The van der Waals surface area contributed by atoms with E-state index in [4.69, 9.17) is 10.5 Å². The molecule has 0 aliphatic heterocycles. The third kappa shape index (κ3) is 5.32. The van der Waals surface area contributed by atoms with Gasteiger partial charge >= 0.3 is 6.36 Å². The molecule has 3 aromatic rings. The van der Waals surface area contributed by atoms with Crippen molar-refractivity contribution in [1.29, 1.82) is 0 Å². The summed E-state index contributed by atoms with van der Waals surface area (Å²) in [6.45, 7) is 0.531. The first kappa shape index (κ1) is 21.1. The zero-order valence-electron chi connectivity index (χ0n) is 16.6. The zero-order valence-corrected chi connectivity index (χ0v) is 16.6. The normalized spacial score (nSPS) is 19.2. The standard InChI is InChI=1S/C21H22F3N5O2/c22-21(23,24)31-18-4-2-1-3-17(18)29-11-15(9-28-29)20-19(10-26-13-27-20)30-12-14-5-7-16(25)8-6-14/h1-4,9-11,13-14,16H,5-8,12,25H2. The van der Waals surface area contributed by atoms with Gasteiger partial charge in [-0.15, -0.1) is 13.2 Å². The fourth-order valence-electron chi connectivity index (χ4n) is 3.64. The number of benzene rings is 1. The van der Waals surface area contributed by atoms with Gasteiger partial charge in [0.1, 0.15) is 17.7 Å². The van der Waals surface area contributed by atoms with E-state index in [0.717, 1.165) is 25.7 Å². The van der Waals surface area contributed by atoms with Crippen molar-refractivity contribution in [3.8, 4) is 28.4 Å². The lowest BCUT2D eigenvalue weighted by Gasteiger charge is -2.26. The van der Waals surface area contributed by atoms with Crippen LogP contribution in [0.25, 0.3) is 16.9 Å². The molecule has 0 atom stereocenters. The van der Waals surface area contributed by atoms with Crippen molar-refractivity contribution in [3.63, 3.8) is 0 Å². The first-order valence-electron chi connectivity index (χ1n) is 9.97. The lowest BCUT2D eigenvalue weighted by molar-refractivity contribution is -0.274. The van der Waals surface area contributed by atoms with Crippen LogP contribution in [0.2, 0.25) is 0 Å². The van der Waals surface area contributed by atoms with Gasteiger partial charge in [0.05, 0.1) is 19.0 Å². The van der Waals surface area contributed by atoms with Gasteiger partial charge < -0.3 is 15.2 Å². The van der Waals surface area contributed by atoms with Crippen molar-refractivity contribution in [2.75, 3.05) is 6.61 Å². The highest BCUT2D eigenvalue weighted by molar-refractivity contribution is 5.64. The summed E-state index contributed by atoms with van der Waals surface area (Å²) in [6, 6.07) is 6.06. The summed E-state index contributed by atoms with van der Waals surface area (Å²) < 4.78 is 49.6. The highest BCUT2D eigenvalue weighted by Crippen LogP contribution is 2.32. The van der Waals surface area contributed by atoms with Crippen LogP contribution in [-0.4, -0.2) is 38.8 Å². The fraction of sp³-hybridized carbons (Fsp3) is 0.381. The van der Waals surface area contributed by atoms with Gasteiger partial charge in [0, 0.05) is 17.8 Å². The van der Waals surface area contributed by atoms with Gasteiger partial charge in [-0.3, -0.25) is 0 Å². The number of halogens is 3. The molecule has 1 aliphatic carbocycles. The molecule has 0 unspecified atom stereocenters. The van der Waals surface area contributed by atoms with Gasteiger partial charge in [-0.1, -0.05) is 12.1 Å². The van der Waals surface area contributed by atoms with Crippen molar-refractivity contribution in [2.24, 2.45) is 11.7 Å². The van der Waals surface area contributed by atoms with Gasteiger partial charge in [-0.05, 0) is 43.7 Å². The number of aromatic nitrogens is 4. The summed E-state index contributed by atoms with van der Waals surface area (Å²) in [6.07, 6.45) is 5.25. The molecular weight excluding hydrogens is 411 g/mol. The number of rotatable bonds is 6. The Balaban J connectivity index is 1.54. The number of nitrogens with zero attached hydrogens (tertiary/aromatic N) is 4. The molecule has 1 aliphatic rings. The molecule has 7 nitrogen and oxygen atoms in total. The Morgan fingerprint density at radius 1 is 1.06 bits per heavy atom. The molecule has 4 rings (SSSR count). The van der Waals surface area contributed by atoms with E-state index in [1.807, 2.05) is 0 Å². The molecule has 2 heterocycles. The Hall–Kier alpha value is -3.14. The average molecular weight is 433 g/mol. The molecule has 0 spiro atoms. The Morgan fingerprint density at radius 2 is 1.84 bits per heavy atom. The maximum atomic E-state index is 12.7. The van der Waals surface area contributed by atoms with Gasteiger partial charge in [0.25, 0.3) is 0 Å². The highest BCUT2D eigenvalue weighted by Gasteiger charge is 2.32. The third-order valence-corrected chi connectivity index (χ3v) is 5.24. The van der Waals surface area contributed by atoms with Crippen LogP contribution in [-0.2, 0) is 0 Å². The van der Waals surface area contributed by atoms with E-state index in [9.17, 15) is 13.2 Å². The molecule has 0 amide bonds. The summed E-state index contributed by atoms with van der Waals surface area (Å²) in [5.74, 6) is 0.568. The largest absolute Gasteiger partial charge is 0.573 e. The molecule has 1 aromatic carbocycles. The third-order valence-electron chi connectivity index (χ3n) is 5.24. The quantitative estimate of drug-likeness (QED) is 0.629. The van der Waals surface area contributed by atoms with E-state index < -0.39 is 6.36 Å². The van der Waals surface area contributed by atoms with E-state index in [1.54, 1.807) is 18.5 Å². The minimum atomic E-state index is -4.80. The summed E-state index contributed by atoms with van der Waals surface area (Å²) in [5.41, 5.74) is 7.22. The van der Waals surface area contributed by atoms with Crippen LogP contribution in [0, 0.1) is 5.92 Å². The van der Waals surface area contributed by atoms with Crippen LogP contribution in [0.5, 0.6) is 11.5 Å². The molecule has 10 heteroatoms. The summed E-state index contributed by atoms with van der Waals surface area (Å²) in [7, 11) is 0. The van der Waals surface area contributed by atoms with Crippen LogP contribution in [0.1, 0.15) is 25.7 Å². The maximum Gasteiger partial charge on any atom is 0.573 e. The average Bonchev–Trinajstić information content (AvgIpc) is 3.23. The van der Waals surface area contributed by atoms with Crippen LogP contribution in [0.4, 0.5) is 13.2 Å². The maximum absolute atomic E-state index is 12.7. The van der Waals surface area contributed by atoms with Crippen LogP contribution < -0.4 is 15.2 Å². The monoisotopic (exact) mass is 433 g/mol. The SMILES string of the molecule is NC1CCC(COc2cncnc2-c2cnn(-c3ccccc3OC(F)(F)F)c2)CC1. The molecule has 2 aromatic heterocycles. The highest BCUT2D eigenvalue weighted by atomic mass is 19.4. The van der Waals surface area contributed by atoms with Crippen molar-refractivity contribution in [3.05, 3.63) is 49.2 Å². The molecule has 31 heavy (non-hydrogen) atoms. The van der Waals surface area contributed by atoms with Gasteiger partial charge in [-0.25, -0.2) is 14.6 Å². The van der Waals surface area contributed by atoms with Gasteiger partial charge in [-0.2, -0.15) is 5.10 Å². The summed E-state index contributed by atoms with van der Waals surface area (Å²) >= 11 is 0. The first-order chi connectivity index (χ1) is 14.9. The molecule has 164 valence electrons. The van der Waals surface area contributed by atoms with Crippen molar-refractivity contribution in [2.45, 2.75) is 38.1 Å². The number of hydrogen-bond donors (Lipinski definition) is 1. The number of ether oxygens (including phenoxy) is 2. The van der Waals surface area contributed by atoms with E-state index in [0.29, 0.717) is 29.5 Å². The van der Waals surface area contributed by atoms with E-state index in [-0.39, 0.29) is 17.5 Å². The van der Waals surface area contributed by atoms with Crippen molar-refractivity contribution in [1.82, 2.24) is 19.7 Å². The summed E-state index contributed by atoms with van der Waals surface area (Å²) in [5, 5.41) is 4.19. The predicted octanol–water partition coefficient (Wildman–Crippen LogP) is 4.12. The molecule has 0 saturated heterocycles. The molecule has 1 saturated carbocycles. The summed E-state index contributed by atoms with van der Waals surface area (Å²) in [4.78, 5) is 8.33. The van der Waals surface area contributed by atoms with E-state index >= 15 is 0 Å². The minimum Gasteiger partial charge on any atom is -0.489 e. The number of nitrogens with two attached hydrogens (primary N) is 1. The van der Waals surface area contributed by atoms with Crippen LogP contribution in [0.3, 0.4) is 0 Å². The minimum absolute atomic E-state index is 0.154. The predicted molar refractivity (Wildman–Crippen MR) is 107 cm³/mol. The molecule has 1 fully saturated rings. The lowest BCUT2D eigenvalue weighted by atomic mass is 9.87. The van der Waals surface area contributed by atoms with E-state index in [1.165, 1.54) is 35.4 Å². The fourth-order valence-corrected chi connectivity index (χ4v) is 3.64. The van der Waals surface area contributed by atoms with E-state index in [2.05, 4.69) is 19.8 Å². The smallest absolute Gasteiger partial charge is 0.489 e. The lowest BCUT2D eigenvalue weighted by Crippen LogP contribution is -2.28. The van der Waals surface area contributed by atoms with Crippen LogP contribution >= 0.6 is 0 Å². The Labute approximate surface area is 177 Å². The van der Waals surface area contributed by atoms with Gasteiger partial charge in [0.15, 0.2) is 11.5 Å². The topological polar surface area (TPSA) is 88.1 Å². The Bertz CT molecular complexity index is 1020. The second-order valence-corrected chi connectivity index (χ2v) is 7.52. The number of hydrogen-bond acceptors (Lipinski definition) is 6. The Morgan fingerprint density at radius 3 is 2.61 bits per heavy atom. The zero-order chi connectivity index (χ0) is 21.8. The van der Waals surface area contributed by atoms with Crippen LogP contribution in [0.15, 0.2) is 49.2 Å². The molecular formula is C21H22F3N5O2. The molecule has 2 N–H and O–H groups in total. The molecule has 0 bridgehead atoms. The Kier molecular flexibility index (Phi) is 6.08.